The van der Waals surface area contributed by atoms with Crippen molar-refractivity contribution in [2.45, 2.75) is 0 Å². The average Bonchev–Trinajstić information content (AvgIpc) is 2.40. The van der Waals surface area contributed by atoms with Gasteiger partial charge in [-0.3, -0.25) is 0 Å². The molecule has 21 heavy (non-hydrogen) atoms. The summed E-state index contributed by atoms with van der Waals surface area (Å²) in [5, 5.41) is 30.4. The van der Waals surface area contributed by atoms with Crippen molar-refractivity contribution in [2.75, 3.05) is 0 Å². The third kappa shape index (κ3) is 134. The van der Waals surface area contributed by atoms with E-state index in [1.165, 1.54) is 0 Å². The molecule has 0 aromatic heterocycles. The molecule has 0 amide bonds. The molecule has 0 saturated carbocycles. The van der Waals surface area contributed by atoms with Crippen molar-refractivity contribution >= 4 is 23.9 Å². The van der Waals surface area contributed by atoms with E-state index in [2.05, 4.69) is 26.3 Å². The Morgan fingerprint density at radius 3 is 0.571 bits per heavy atom. The van der Waals surface area contributed by atoms with Crippen LogP contribution in [0.1, 0.15) is 0 Å². The predicted octanol–water partition coefficient (Wildman–Crippen LogP) is 1.03. The molecule has 8 nitrogen and oxygen atoms in total. The van der Waals surface area contributed by atoms with Gasteiger partial charge in [0.15, 0.2) is 0 Å². The van der Waals surface area contributed by atoms with Crippen LogP contribution in [0.15, 0.2) is 50.6 Å². The van der Waals surface area contributed by atoms with Crippen LogP contribution in [0.3, 0.4) is 0 Å². The quantitative estimate of drug-likeness (QED) is 0.529. The molecule has 0 aliphatic carbocycles. The van der Waals surface area contributed by atoms with Crippen LogP contribution in [0.25, 0.3) is 0 Å². The third-order valence-corrected chi connectivity index (χ3v) is 0.698. The molecule has 0 atom stereocenters. The van der Waals surface area contributed by atoms with Crippen LogP contribution in [0.2, 0.25) is 0 Å². The first kappa shape index (κ1) is 31.2. The van der Waals surface area contributed by atoms with Crippen LogP contribution in [-0.4, -0.2) is 44.3 Å². The number of rotatable bonds is 4. The zero-order valence-electron chi connectivity index (χ0n) is 11.1. The minimum absolute atomic E-state index is 0. The van der Waals surface area contributed by atoms with Gasteiger partial charge in [0.1, 0.15) is 0 Å². The van der Waals surface area contributed by atoms with Crippen LogP contribution in [0.4, 0.5) is 0 Å². The number of carboxylic acid groups (broad SMARTS) is 4. The van der Waals surface area contributed by atoms with Crippen LogP contribution < -0.4 is 0 Å². The Morgan fingerprint density at radius 1 is 0.524 bits per heavy atom. The molecule has 0 rings (SSSR count). The number of carbonyl (C=O) groups is 4. The van der Waals surface area contributed by atoms with Gasteiger partial charge in [-0.1, -0.05) is 26.3 Å². The van der Waals surface area contributed by atoms with Gasteiger partial charge in [-0.15, -0.1) is 0 Å². The first-order chi connectivity index (χ1) is 9.08. The zero-order chi connectivity index (χ0) is 17.1. The molecule has 0 radical (unpaired) electrons. The summed E-state index contributed by atoms with van der Waals surface area (Å²) < 4.78 is 0. The number of carboxylic acids is 4. The van der Waals surface area contributed by atoms with Gasteiger partial charge in [0.2, 0.25) is 0 Å². The summed E-state index contributed by atoms with van der Waals surface area (Å²) >= 11 is 0. The van der Waals surface area contributed by atoms with Gasteiger partial charge in [0, 0.05) is 50.5 Å². The largest absolute Gasteiger partial charge is 0.478 e. The Labute approximate surface area is 140 Å². The van der Waals surface area contributed by atoms with Crippen LogP contribution in [0.5, 0.6) is 0 Å². The van der Waals surface area contributed by atoms with E-state index in [0.717, 1.165) is 24.3 Å². The SMILES string of the molecule is C=CC(=O)O.C=CC(=O)O.C=CC(=O)O.C=CC(=O)O.[Zr]. The van der Waals surface area contributed by atoms with Crippen molar-refractivity contribution in [1.29, 1.82) is 0 Å². The fourth-order valence-electron chi connectivity index (χ4n) is 0. The second-order valence-electron chi connectivity index (χ2n) is 2.17. The first-order valence-electron chi connectivity index (χ1n) is 4.50. The molecular formula is C12H16O8Zr. The Bertz CT molecular complexity index is 301. The van der Waals surface area contributed by atoms with E-state index in [0.29, 0.717) is 0 Å². The van der Waals surface area contributed by atoms with Crippen molar-refractivity contribution in [3.63, 3.8) is 0 Å². The van der Waals surface area contributed by atoms with Crippen molar-refractivity contribution in [2.24, 2.45) is 0 Å². The summed E-state index contributed by atoms with van der Waals surface area (Å²) in [7, 11) is 0. The molecule has 0 unspecified atom stereocenters. The van der Waals surface area contributed by atoms with Gasteiger partial charge in [-0.25, -0.2) is 19.2 Å². The van der Waals surface area contributed by atoms with Crippen molar-refractivity contribution < 1.29 is 65.8 Å². The Balaban J connectivity index is -0.0000000533. The molecular weight excluding hydrogens is 363 g/mol. The Morgan fingerprint density at radius 2 is 0.571 bits per heavy atom. The molecule has 116 valence electrons. The molecule has 0 bridgehead atoms. The smallest absolute Gasteiger partial charge is 0.327 e. The summed E-state index contributed by atoms with van der Waals surface area (Å²) in [6.07, 6.45) is 3.33. The maximum absolute atomic E-state index is 9.25. The molecule has 4 N–H and O–H groups in total. The topological polar surface area (TPSA) is 149 Å². The first-order valence-corrected chi connectivity index (χ1v) is 4.50. The second-order valence-corrected chi connectivity index (χ2v) is 2.17. The molecule has 0 fully saturated rings. The molecule has 0 aliphatic heterocycles. The summed E-state index contributed by atoms with van der Waals surface area (Å²) in [6.45, 7) is 11.8. The van der Waals surface area contributed by atoms with Crippen molar-refractivity contribution in [3.05, 3.63) is 50.6 Å². The molecule has 0 aromatic rings. The average molecular weight is 379 g/mol. The Hall–Kier alpha value is -2.28. The molecule has 0 heterocycles. The van der Waals surface area contributed by atoms with Crippen LogP contribution in [-0.2, 0) is 45.4 Å². The van der Waals surface area contributed by atoms with E-state index in [1.807, 2.05) is 0 Å². The maximum Gasteiger partial charge on any atom is 0.327 e. The van der Waals surface area contributed by atoms with Gasteiger partial charge in [0.25, 0.3) is 0 Å². The summed E-state index contributed by atoms with van der Waals surface area (Å²) in [5.74, 6) is -3.93. The molecule has 0 spiro atoms. The maximum atomic E-state index is 9.25. The fourth-order valence-corrected chi connectivity index (χ4v) is 0. The standard InChI is InChI=1S/4C3H4O2.Zr/c4*1-2-3(4)5;/h4*2H,1H2,(H,4,5);. The monoisotopic (exact) mass is 378 g/mol. The number of aliphatic carboxylic acids is 4. The van der Waals surface area contributed by atoms with Gasteiger partial charge in [0.05, 0.1) is 0 Å². The second kappa shape index (κ2) is 26.3. The molecule has 9 heteroatoms. The number of hydrogen-bond donors (Lipinski definition) is 4. The summed E-state index contributed by atoms with van der Waals surface area (Å²) in [5.41, 5.74) is 0. The van der Waals surface area contributed by atoms with Crippen LogP contribution >= 0.6 is 0 Å². The minimum Gasteiger partial charge on any atom is -0.478 e. The minimum atomic E-state index is -0.981. The normalized spacial score (nSPS) is 6.10. The third-order valence-electron chi connectivity index (χ3n) is 0.698. The van der Waals surface area contributed by atoms with E-state index in [9.17, 15) is 19.2 Å². The van der Waals surface area contributed by atoms with Crippen molar-refractivity contribution in [3.8, 4) is 0 Å². The van der Waals surface area contributed by atoms with Gasteiger partial charge in [-0.2, -0.15) is 0 Å². The molecule has 0 saturated heterocycles. The van der Waals surface area contributed by atoms with E-state index >= 15 is 0 Å². The van der Waals surface area contributed by atoms with Gasteiger partial charge in [-0.05, 0) is 0 Å². The molecule has 0 aliphatic rings. The van der Waals surface area contributed by atoms with Crippen molar-refractivity contribution in [1.82, 2.24) is 0 Å². The van der Waals surface area contributed by atoms with E-state index in [1.54, 1.807) is 0 Å². The van der Waals surface area contributed by atoms with E-state index in [-0.39, 0.29) is 26.2 Å². The Kier molecular flexibility index (Phi) is 39.1. The molecule has 0 aromatic carbocycles. The van der Waals surface area contributed by atoms with Crippen LogP contribution in [0, 0.1) is 0 Å². The zero-order valence-corrected chi connectivity index (χ0v) is 13.5. The summed E-state index contributed by atoms with van der Waals surface area (Å²) in [6, 6.07) is 0. The number of hydrogen-bond acceptors (Lipinski definition) is 4. The van der Waals surface area contributed by atoms with Gasteiger partial charge >= 0.3 is 23.9 Å². The fraction of sp³-hybridized carbons (Fsp3) is 0. The van der Waals surface area contributed by atoms with Gasteiger partial charge < -0.3 is 20.4 Å². The van der Waals surface area contributed by atoms with E-state index < -0.39 is 23.9 Å². The summed E-state index contributed by atoms with van der Waals surface area (Å²) in [4.78, 5) is 37.0. The van der Waals surface area contributed by atoms with E-state index in [4.69, 9.17) is 20.4 Å². The predicted molar refractivity (Wildman–Crippen MR) is 71.3 cm³/mol.